The monoisotopic (exact) mass is 213 g/mol. The largest absolute Gasteiger partial charge is 0.394 e. The van der Waals surface area contributed by atoms with Gasteiger partial charge in [0.15, 0.2) is 0 Å². The van der Waals surface area contributed by atoms with Crippen LogP contribution in [0.3, 0.4) is 0 Å². The molecule has 0 spiro atoms. The number of nitrogen functional groups attached to an aromatic ring is 1. The van der Waals surface area contributed by atoms with Gasteiger partial charge in [0.1, 0.15) is 0 Å². The van der Waals surface area contributed by atoms with E-state index in [1.807, 2.05) is 11.9 Å². The zero-order valence-electron chi connectivity index (χ0n) is 8.63. The van der Waals surface area contributed by atoms with Gasteiger partial charge >= 0.3 is 0 Å². The molecule has 1 unspecified atom stereocenters. The molecule has 1 aromatic rings. The van der Waals surface area contributed by atoms with E-state index in [1.54, 1.807) is 0 Å². The third-order valence-electron chi connectivity index (χ3n) is 2.66. The summed E-state index contributed by atoms with van der Waals surface area (Å²) in [6.45, 7) is 2.52. The Morgan fingerprint density at radius 1 is 1.53 bits per heavy atom. The summed E-state index contributed by atoms with van der Waals surface area (Å²) in [6, 6.07) is -0.00190. The van der Waals surface area contributed by atoms with Crippen molar-refractivity contribution in [3.63, 3.8) is 0 Å². The van der Waals surface area contributed by atoms with Crippen LogP contribution in [0.25, 0.3) is 0 Å². The van der Waals surface area contributed by atoms with E-state index in [2.05, 4.69) is 19.8 Å². The Balaban J connectivity index is 2.17. The molecule has 1 fully saturated rings. The summed E-state index contributed by atoms with van der Waals surface area (Å²) in [4.78, 5) is 4.09. The maximum absolute atomic E-state index is 9.28. The van der Waals surface area contributed by atoms with E-state index in [0.717, 1.165) is 19.6 Å². The molecule has 1 atom stereocenters. The van der Waals surface area contributed by atoms with Crippen LogP contribution < -0.4 is 10.6 Å². The number of rotatable bonds is 2. The van der Waals surface area contributed by atoms with E-state index in [9.17, 15) is 5.11 Å². The topological polar surface area (TPSA) is 91.7 Å². The summed E-state index contributed by atoms with van der Waals surface area (Å²) in [7, 11) is 2.02. The molecule has 7 nitrogen and oxygen atoms in total. The van der Waals surface area contributed by atoms with E-state index in [4.69, 9.17) is 5.73 Å². The Bertz CT molecular complexity index is 329. The van der Waals surface area contributed by atoms with Crippen LogP contribution in [0.15, 0.2) is 4.63 Å². The van der Waals surface area contributed by atoms with Crippen LogP contribution >= 0.6 is 0 Å². The molecular formula is C8H15N5O2. The lowest BCUT2D eigenvalue weighted by Crippen LogP contribution is -2.53. The Kier molecular flexibility index (Phi) is 2.74. The molecule has 2 rings (SSSR count). The van der Waals surface area contributed by atoms with Gasteiger partial charge in [0.2, 0.25) is 11.6 Å². The van der Waals surface area contributed by atoms with Gasteiger partial charge in [-0.15, -0.1) is 0 Å². The first-order valence-electron chi connectivity index (χ1n) is 4.86. The third kappa shape index (κ3) is 1.88. The molecule has 0 aliphatic carbocycles. The zero-order valence-corrected chi connectivity index (χ0v) is 8.63. The van der Waals surface area contributed by atoms with Gasteiger partial charge in [-0.25, -0.2) is 4.63 Å². The van der Waals surface area contributed by atoms with Crippen molar-refractivity contribution >= 4 is 11.6 Å². The van der Waals surface area contributed by atoms with Crippen LogP contribution in [0.4, 0.5) is 11.6 Å². The first-order valence-corrected chi connectivity index (χ1v) is 4.86. The second-order valence-corrected chi connectivity index (χ2v) is 3.77. The number of hydrogen-bond acceptors (Lipinski definition) is 7. The predicted octanol–water partition coefficient (Wildman–Crippen LogP) is -1.24. The average molecular weight is 213 g/mol. The van der Waals surface area contributed by atoms with E-state index in [1.165, 1.54) is 0 Å². The Morgan fingerprint density at radius 3 is 2.93 bits per heavy atom. The molecular weight excluding hydrogens is 198 g/mol. The molecule has 0 bridgehead atoms. The fraction of sp³-hybridized carbons (Fsp3) is 0.750. The summed E-state index contributed by atoms with van der Waals surface area (Å²) in [5, 5.41) is 16.6. The highest BCUT2D eigenvalue weighted by molar-refractivity contribution is 5.57. The standard InChI is InChI=1S/C8H15N5O2/c1-12-2-3-13(6(4-12)5-14)8-7(9)10-15-11-8/h6,14H,2-5H2,1H3,(H2,9,10). The Labute approximate surface area is 87.4 Å². The lowest BCUT2D eigenvalue weighted by atomic mass is 10.2. The molecule has 1 aliphatic heterocycles. The van der Waals surface area contributed by atoms with Gasteiger partial charge in [-0.2, -0.15) is 0 Å². The maximum Gasteiger partial charge on any atom is 0.218 e. The van der Waals surface area contributed by atoms with Crippen molar-refractivity contribution in [3.8, 4) is 0 Å². The lowest BCUT2D eigenvalue weighted by molar-refractivity contribution is 0.189. The van der Waals surface area contributed by atoms with Crippen LogP contribution in [-0.4, -0.2) is 59.7 Å². The molecule has 1 saturated heterocycles. The number of nitrogens with zero attached hydrogens (tertiary/aromatic N) is 4. The first kappa shape index (κ1) is 10.2. The van der Waals surface area contributed by atoms with E-state index < -0.39 is 0 Å². The number of aliphatic hydroxyl groups excluding tert-OH is 1. The minimum Gasteiger partial charge on any atom is -0.394 e. The SMILES string of the molecule is CN1CCN(c2nonc2N)C(CO)C1. The molecule has 0 aromatic carbocycles. The normalized spacial score (nSPS) is 23.3. The number of anilines is 2. The zero-order chi connectivity index (χ0) is 10.8. The Morgan fingerprint density at radius 2 is 2.33 bits per heavy atom. The molecule has 0 amide bonds. The summed E-state index contributed by atoms with van der Waals surface area (Å²) in [5.74, 6) is 0.806. The van der Waals surface area contributed by atoms with Crippen LogP contribution in [0.2, 0.25) is 0 Å². The number of aromatic nitrogens is 2. The highest BCUT2D eigenvalue weighted by atomic mass is 16.6. The minimum absolute atomic E-state index is 0.00190. The minimum atomic E-state index is -0.00190. The van der Waals surface area contributed by atoms with Crippen molar-refractivity contribution in [2.24, 2.45) is 0 Å². The number of likely N-dealkylation sites (N-methyl/N-ethyl adjacent to an activating group) is 1. The number of piperazine rings is 1. The van der Waals surface area contributed by atoms with Crippen LogP contribution in [0.5, 0.6) is 0 Å². The van der Waals surface area contributed by atoms with E-state index in [0.29, 0.717) is 5.82 Å². The fourth-order valence-corrected chi connectivity index (χ4v) is 1.84. The Hall–Kier alpha value is -1.34. The van der Waals surface area contributed by atoms with Crippen molar-refractivity contribution in [2.45, 2.75) is 6.04 Å². The van der Waals surface area contributed by atoms with Gasteiger partial charge in [-0.05, 0) is 17.4 Å². The van der Waals surface area contributed by atoms with Crippen molar-refractivity contribution < 1.29 is 9.74 Å². The second kappa shape index (κ2) is 4.03. The first-order chi connectivity index (χ1) is 7.22. The quantitative estimate of drug-likeness (QED) is 0.635. The van der Waals surface area contributed by atoms with Crippen LogP contribution in [-0.2, 0) is 0 Å². The lowest BCUT2D eigenvalue weighted by Gasteiger charge is -2.38. The predicted molar refractivity (Wildman–Crippen MR) is 54.4 cm³/mol. The highest BCUT2D eigenvalue weighted by Crippen LogP contribution is 2.22. The molecule has 0 radical (unpaired) electrons. The van der Waals surface area contributed by atoms with E-state index in [-0.39, 0.29) is 18.5 Å². The number of hydrogen-bond donors (Lipinski definition) is 2. The summed E-state index contributed by atoms with van der Waals surface area (Å²) >= 11 is 0. The summed E-state index contributed by atoms with van der Waals surface area (Å²) < 4.78 is 4.56. The van der Waals surface area contributed by atoms with Crippen molar-refractivity contribution in [1.29, 1.82) is 0 Å². The average Bonchev–Trinajstić information content (AvgIpc) is 2.64. The molecule has 7 heteroatoms. The van der Waals surface area contributed by atoms with Crippen molar-refractivity contribution in [1.82, 2.24) is 15.2 Å². The van der Waals surface area contributed by atoms with Gasteiger partial charge < -0.3 is 20.6 Å². The summed E-state index contributed by atoms with van der Waals surface area (Å²) in [5.41, 5.74) is 5.62. The highest BCUT2D eigenvalue weighted by Gasteiger charge is 2.28. The molecule has 1 aromatic heterocycles. The van der Waals surface area contributed by atoms with Gasteiger partial charge in [-0.3, -0.25) is 0 Å². The smallest absolute Gasteiger partial charge is 0.218 e. The molecule has 84 valence electrons. The van der Waals surface area contributed by atoms with Crippen molar-refractivity contribution in [2.75, 3.05) is 43.9 Å². The fourth-order valence-electron chi connectivity index (χ4n) is 1.84. The third-order valence-corrected chi connectivity index (χ3v) is 2.66. The van der Waals surface area contributed by atoms with Gasteiger partial charge in [0.25, 0.3) is 0 Å². The number of nitrogens with two attached hydrogens (primary N) is 1. The van der Waals surface area contributed by atoms with Gasteiger partial charge in [0.05, 0.1) is 12.6 Å². The van der Waals surface area contributed by atoms with Gasteiger partial charge in [0, 0.05) is 19.6 Å². The molecule has 1 aliphatic rings. The second-order valence-electron chi connectivity index (χ2n) is 3.77. The molecule has 15 heavy (non-hydrogen) atoms. The van der Waals surface area contributed by atoms with Crippen LogP contribution in [0, 0.1) is 0 Å². The molecule has 2 heterocycles. The maximum atomic E-state index is 9.28. The van der Waals surface area contributed by atoms with Gasteiger partial charge in [-0.1, -0.05) is 0 Å². The number of aliphatic hydroxyl groups is 1. The molecule has 3 N–H and O–H groups in total. The van der Waals surface area contributed by atoms with Crippen molar-refractivity contribution in [3.05, 3.63) is 0 Å². The van der Waals surface area contributed by atoms with Crippen LogP contribution in [0.1, 0.15) is 0 Å². The summed E-state index contributed by atoms with van der Waals surface area (Å²) in [6.07, 6.45) is 0. The van der Waals surface area contributed by atoms with E-state index >= 15 is 0 Å². The molecule has 0 saturated carbocycles.